The number of H-pyrrole nitrogens is 1. The molecule has 0 spiro atoms. The van der Waals surface area contributed by atoms with Crippen LogP contribution in [0.1, 0.15) is 55.8 Å². The Hall–Kier alpha value is -2.44. The fourth-order valence-electron chi connectivity index (χ4n) is 3.52. The van der Waals surface area contributed by atoms with Gasteiger partial charge < -0.3 is 9.72 Å². The molecule has 0 unspecified atom stereocenters. The third kappa shape index (κ3) is 3.39. The van der Waals surface area contributed by atoms with E-state index in [1.54, 1.807) is 0 Å². The van der Waals surface area contributed by atoms with E-state index in [0.29, 0.717) is 0 Å². The third-order valence-corrected chi connectivity index (χ3v) is 4.67. The fourth-order valence-corrected chi connectivity index (χ4v) is 3.52. The zero-order chi connectivity index (χ0) is 17.1. The number of nitrogens with zero attached hydrogens (tertiary/aromatic N) is 1. The quantitative estimate of drug-likeness (QED) is 0.614. The lowest BCUT2D eigenvalue weighted by atomic mass is 9.95. The van der Waals surface area contributed by atoms with Gasteiger partial charge in [0.05, 0.1) is 0 Å². The van der Waals surface area contributed by atoms with E-state index in [2.05, 4.69) is 9.72 Å². The Kier molecular flexibility index (Phi) is 4.78. The fraction of sp³-hybridized carbons (Fsp3) is 0.529. The number of aryl methyl sites for hydroxylation is 1. The molecule has 1 aromatic rings. The van der Waals surface area contributed by atoms with Gasteiger partial charge in [0.15, 0.2) is 0 Å². The Morgan fingerprint density at radius 3 is 2.17 bits per heavy atom. The SMILES string of the molecule is O=C1C=CC(=O)O1.O=c1[nH]c2c(c(=O)n1C1CCCCC1)CCC2. The van der Waals surface area contributed by atoms with Crippen LogP contribution in [0.5, 0.6) is 0 Å². The topological polar surface area (TPSA) is 98.2 Å². The van der Waals surface area contributed by atoms with Crippen molar-refractivity contribution in [2.45, 2.75) is 57.4 Å². The Bertz CT molecular complexity index is 780. The Balaban J connectivity index is 0.000000203. The van der Waals surface area contributed by atoms with Gasteiger partial charge in [-0.3, -0.25) is 9.36 Å². The van der Waals surface area contributed by atoms with Crippen LogP contribution >= 0.6 is 0 Å². The van der Waals surface area contributed by atoms with E-state index in [-0.39, 0.29) is 17.3 Å². The monoisotopic (exact) mass is 332 g/mol. The summed E-state index contributed by atoms with van der Waals surface area (Å²) in [5.41, 5.74) is 1.53. The van der Waals surface area contributed by atoms with Gasteiger partial charge in [-0.25, -0.2) is 14.4 Å². The van der Waals surface area contributed by atoms with Gasteiger partial charge in [0, 0.05) is 29.5 Å². The number of hydrogen-bond acceptors (Lipinski definition) is 5. The minimum absolute atomic E-state index is 0.0202. The van der Waals surface area contributed by atoms with Gasteiger partial charge in [-0.1, -0.05) is 19.3 Å². The maximum absolute atomic E-state index is 12.3. The van der Waals surface area contributed by atoms with Crippen LogP contribution < -0.4 is 11.2 Å². The second kappa shape index (κ2) is 6.98. The number of ether oxygens (including phenoxy) is 1. The average molecular weight is 332 g/mol. The number of cyclic esters (lactones) is 2. The van der Waals surface area contributed by atoms with Crippen molar-refractivity contribution in [2.24, 2.45) is 0 Å². The van der Waals surface area contributed by atoms with Crippen molar-refractivity contribution in [1.82, 2.24) is 9.55 Å². The average Bonchev–Trinajstić information content (AvgIpc) is 3.17. The summed E-state index contributed by atoms with van der Waals surface area (Å²) < 4.78 is 5.46. The molecule has 128 valence electrons. The van der Waals surface area contributed by atoms with Gasteiger partial charge in [0.1, 0.15) is 0 Å². The summed E-state index contributed by atoms with van der Waals surface area (Å²) in [7, 11) is 0. The molecule has 3 aliphatic rings. The highest BCUT2D eigenvalue weighted by Crippen LogP contribution is 2.26. The van der Waals surface area contributed by atoms with Gasteiger partial charge in [-0.05, 0) is 32.1 Å². The lowest BCUT2D eigenvalue weighted by Gasteiger charge is -2.23. The van der Waals surface area contributed by atoms with Crippen molar-refractivity contribution in [3.8, 4) is 0 Å². The molecule has 1 N–H and O–H groups in total. The Morgan fingerprint density at radius 2 is 1.58 bits per heavy atom. The molecule has 0 saturated heterocycles. The standard InChI is InChI=1S/C13H18N2O2.C4H2O3/c16-12-10-7-4-8-11(10)14-13(17)15(12)9-5-2-1-3-6-9;5-3-1-2-4(6)7-3/h9H,1-8H2,(H,14,17);1-2H. The Morgan fingerprint density at radius 1 is 0.917 bits per heavy atom. The van der Waals surface area contributed by atoms with Crippen molar-refractivity contribution in [2.75, 3.05) is 0 Å². The smallest absolute Gasteiger partial charge is 0.338 e. The van der Waals surface area contributed by atoms with Gasteiger partial charge in [0.25, 0.3) is 5.56 Å². The number of hydrogen-bond donors (Lipinski definition) is 1. The van der Waals surface area contributed by atoms with Crippen LogP contribution in [0.3, 0.4) is 0 Å². The first-order valence-electron chi connectivity index (χ1n) is 8.36. The first-order chi connectivity index (χ1) is 11.6. The second-order valence-corrected chi connectivity index (χ2v) is 6.28. The normalized spacial score (nSPS) is 19.7. The summed E-state index contributed by atoms with van der Waals surface area (Å²) in [6.07, 6.45) is 10.3. The van der Waals surface area contributed by atoms with Crippen LogP contribution in [-0.2, 0) is 27.2 Å². The molecule has 0 bridgehead atoms. The van der Waals surface area contributed by atoms with E-state index in [1.165, 1.54) is 11.0 Å². The highest BCUT2D eigenvalue weighted by Gasteiger charge is 2.23. The number of aromatic nitrogens is 2. The van der Waals surface area contributed by atoms with Crippen LogP contribution in [0.2, 0.25) is 0 Å². The molecule has 24 heavy (non-hydrogen) atoms. The van der Waals surface area contributed by atoms with Crippen molar-refractivity contribution in [3.05, 3.63) is 44.2 Å². The molecule has 1 aromatic heterocycles. The van der Waals surface area contributed by atoms with Gasteiger partial charge in [-0.2, -0.15) is 0 Å². The molecule has 7 nitrogen and oxygen atoms in total. The maximum atomic E-state index is 12.3. The number of rotatable bonds is 1. The molecular formula is C17H20N2O5. The van der Waals surface area contributed by atoms with Crippen LogP contribution in [0, 0.1) is 0 Å². The Labute approximate surface area is 138 Å². The van der Waals surface area contributed by atoms with Gasteiger partial charge in [0.2, 0.25) is 0 Å². The minimum atomic E-state index is -0.579. The van der Waals surface area contributed by atoms with Crippen molar-refractivity contribution in [1.29, 1.82) is 0 Å². The number of fused-ring (bicyclic) bond motifs is 1. The molecule has 1 aliphatic heterocycles. The van der Waals surface area contributed by atoms with Crippen molar-refractivity contribution >= 4 is 11.9 Å². The van der Waals surface area contributed by atoms with E-state index >= 15 is 0 Å². The highest BCUT2D eigenvalue weighted by molar-refractivity contribution is 6.04. The minimum Gasteiger partial charge on any atom is -0.387 e. The predicted molar refractivity (Wildman–Crippen MR) is 85.7 cm³/mol. The van der Waals surface area contributed by atoms with Crippen molar-refractivity contribution in [3.63, 3.8) is 0 Å². The third-order valence-electron chi connectivity index (χ3n) is 4.67. The molecule has 4 rings (SSSR count). The maximum Gasteiger partial charge on any atom is 0.338 e. The van der Waals surface area contributed by atoms with Crippen LogP contribution in [-0.4, -0.2) is 21.5 Å². The van der Waals surface area contributed by atoms with Gasteiger partial charge in [-0.15, -0.1) is 0 Å². The van der Waals surface area contributed by atoms with E-state index in [9.17, 15) is 19.2 Å². The first kappa shape index (κ1) is 16.4. The molecule has 0 aromatic carbocycles. The summed E-state index contributed by atoms with van der Waals surface area (Å²) in [4.78, 5) is 47.1. The van der Waals surface area contributed by atoms with Crippen LogP contribution in [0.15, 0.2) is 21.7 Å². The number of esters is 2. The molecular weight excluding hydrogens is 312 g/mol. The van der Waals surface area contributed by atoms with E-state index in [1.807, 2.05) is 0 Å². The summed E-state index contributed by atoms with van der Waals surface area (Å²) in [6, 6.07) is 0.130. The molecule has 1 saturated carbocycles. The molecule has 0 amide bonds. The molecule has 2 heterocycles. The summed E-state index contributed by atoms with van der Waals surface area (Å²) >= 11 is 0. The number of aromatic amines is 1. The van der Waals surface area contributed by atoms with E-state index in [0.717, 1.165) is 68.4 Å². The number of carbonyl (C=O) groups is 2. The lowest BCUT2D eigenvalue weighted by molar-refractivity contribution is -0.150. The summed E-state index contributed by atoms with van der Waals surface area (Å²) in [6.45, 7) is 0. The highest BCUT2D eigenvalue weighted by atomic mass is 16.6. The second-order valence-electron chi connectivity index (χ2n) is 6.28. The molecule has 0 atom stereocenters. The zero-order valence-electron chi connectivity index (χ0n) is 13.4. The number of nitrogens with one attached hydrogen (secondary N) is 1. The van der Waals surface area contributed by atoms with E-state index in [4.69, 9.17) is 0 Å². The summed E-state index contributed by atoms with van der Waals surface area (Å²) in [5.74, 6) is -1.16. The molecule has 7 heteroatoms. The van der Waals surface area contributed by atoms with Crippen LogP contribution in [0.25, 0.3) is 0 Å². The van der Waals surface area contributed by atoms with Crippen LogP contribution in [0.4, 0.5) is 0 Å². The first-order valence-corrected chi connectivity index (χ1v) is 8.36. The lowest BCUT2D eigenvalue weighted by Crippen LogP contribution is -2.40. The molecule has 0 radical (unpaired) electrons. The molecule has 2 aliphatic carbocycles. The van der Waals surface area contributed by atoms with Gasteiger partial charge >= 0.3 is 17.6 Å². The summed E-state index contributed by atoms with van der Waals surface area (Å²) in [5, 5.41) is 0. The van der Waals surface area contributed by atoms with Crippen molar-refractivity contribution < 1.29 is 14.3 Å². The number of carbonyl (C=O) groups excluding carboxylic acids is 2. The zero-order valence-corrected chi connectivity index (χ0v) is 13.4. The largest absolute Gasteiger partial charge is 0.387 e. The molecule has 1 fully saturated rings. The van der Waals surface area contributed by atoms with E-state index < -0.39 is 11.9 Å². The predicted octanol–water partition coefficient (Wildman–Crippen LogP) is 1.16.